The lowest BCUT2D eigenvalue weighted by Gasteiger charge is -2.31. The number of carbonyl (C=O) groups excluding carboxylic acids is 1. The third-order valence-corrected chi connectivity index (χ3v) is 5.48. The van der Waals surface area contributed by atoms with E-state index in [4.69, 9.17) is 9.47 Å². The number of alkyl carbamates (subject to hydrolysis) is 1. The Bertz CT molecular complexity index is 885. The molecule has 2 saturated carbocycles. The fourth-order valence-corrected chi connectivity index (χ4v) is 4.47. The topological polar surface area (TPSA) is 77.8 Å². The number of aromatic nitrogens is 3. The number of amides is 1. The number of hydrogen-bond donors (Lipinski definition) is 1. The number of fused-ring (bicyclic) bond motifs is 3. The van der Waals surface area contributed by atoms with E-state index < -0.39 is 5.60 Å². The summed E-state index contributed by atoms with van der Waals surface area (Å²) in [5, 5.41) is 7.38. The van der Waals surface area contributed by atoms with E-state index >= 15 is 0 Å². The summed E-state index contributed by atoms with van der Waals surface area (Å²) in [5.41, 5.74) is 1.22. The van der Waals surface area contributed by atoms with E-state index in [-0.39, 0.29) is 24.2 Å². The van der Waals surface area contributed by atoms with Crippen LogP contribution in [0.5, 0.6) is 5.88 Å². The quantitative estimate of drug-likeness (QED) is 0.798. The number of carbonyl (C=O) groups is 1. The molecule has 2 bridgehead atoms. The minimum atomic E-state index is -0.499. The molecule has 3 unspecified atom stereocenters. The summed E-state index contributed by atoms with van der Waals surface area (Å²) in [5.74, 6) is 1.43. The van der Waals surface area contributed by atoms with Crippen LogP contribution in [-0.4, -0.2) is 38.4 Å². The first-order chi connectivity index (χ1) is 13.3. The molecule has 1 N–H and O–H groups in total. The fourth-order valence-electron chi connectivity index (χ4n) is 4.47. The van der Waals surface area contributed by atoms with Crippen LogP contribution in [0.3, 0.4) is 0 Å². The summed E-state index contributed by atoms with van der Waals surface area (Å²) in [6, 6.07) is 1.99. The smallest absolute Gasteiger partial charge is 0.407 e. The summed E-state index contributed by atoms with van der Waals surface area (Å²) < 4.78 is 13.6. The lowest BCUT2D eigenvalue weighted by atomic mass is 9.92. The Morgan fingerprint density at radius 2 is 2.21 bits per heavy atom. The molecule has 2 aromatic heterocycles. The van der Waals surface area contributed by atoms with Crippen molar-refractivity contribution in [2.45, 2.75) is 64.2 Å². The maximum absolute atomic E-state index is 12.2. The van der Waals surface area contributed by atoms with Crippen molar-refractivity contribution >= 4 is 11.6 Å². The van der Waals surface area contributed by atoms with Crippen molar-refractivity contribution in [3.05, 3.63) is 36.8 Å². The first-order valence-electron chi connectivity index (χ1n) is 9.92. The van der Waals surface area contributed by atoms with Gasteiger partial charge < -0.3 is 14.8 Å². The third-order valence-electron chi connectivity index (χ3n) is 5.48. The SMILES string of the molecule is C=CCc1cn2nccc2c(OC2CC3CC(NC(=O)OC(C)(C)C)[C@H]2C3)n1. The largest absolute Gasteiger partial charge is 0.472 e. The zero-order chi connectivity index (χ0) is 19.9. The van der Waals surface area contributed by atoms with Gasteiger partial charge in [0.15, 0.2) is 0 Å². The van der Waals surface area contributed by atoms with Gasteiger partial charge in [-0.3, -0.25) is 0 Å². The van der Waals surface area contributed by atoms with Gasteiger partial charge in [0.25, 0.3) is 0 Å². The van der Waals surface area contributed by atoms with E-state index in [1.165, 1.54) is 0 Å². The molecule has 150 valence electrons. The average molecular weight is 384 g/mol. The molecule has 7 nitrogen and oxygen atoms in total. The molecule has 2 heterocycles. The van der Waals surface area contributed by atoms with Crippen LogP contribution in [0, 0.1) is 11.8 Å². The monoisotopic (exact) mass is 384 g/mol. The second kappa shape index (κ2) is 7.11. The van der Waals surface area contributed by atoms with Crippen molar-refractivity contribution in [1.29, 1.82) is 0 Å². The van der Waals surface area contributed by atoms with Gasteiger partial charge in [0.1, 0.15) is 17.2 Å². The second-order valence-corrected chi connectivity index (χ2v) is 8.84. The number of nitrogens with zero attached hydrogens (tertiary/aromatic N) is 3. The van der Waals surface area contributed by atoms with Gasteiger partial charge in [0, 0.05) is 18.4 Å². The fraction of sp³-hybridized carbons (Fsp3) is 0.571. The Balaban J connectivity index is 1.49. The van der Waals surface area contributed by atoms with E-state index in [0.717, 1.165) is 30.5 Å². The molecule has 2 aliphatic carbocycles. The highest BCUT2D eigenvalue weighted by Gasteiger charge is 2.48. The number of allylic oxidation sites excluding steroid dienone is 1. The highest BCUT2D eigenvalue weighted by Crippen LogP contribution is 2.46. The van der Waals surface area contributed by atoms with Crippen molar-refractivity contribution in [3.63, 3.8) is 0 Å². The lowest BCUT2D eigenvalue weighted by Crippen LogP contribution is -2.46. The second-order valence-electron chi connectivity index (χ2n) is 8.84. The van der Waals surface area contributed by atoms with Gasteiger partial charge in [0.05, 0.1) is 18.1 Å². The van der Waals surface area contributed by atoms with Crippen molar-refractivity contribution in [2.75, 3.05) is 0 Å². The van der Waals surface area contributed by atoms with Crippen LogP contribution < -0.4 is 10.1 Å². The number of nitrogens with one attached hydrogen (secondary N) is 1. The van der Waals surface area contributed by atoms with Crippen molar-refractivity contribution in [2.24, 2.45) is 11.8 Å². The molecule has 7 heteroatoms. The highest BCUT2D eigenvalue weighted by molar-refractivity contribution is 5.68. The Labute approximate surface area is 165 Å². The Hall–Kier alpha value is -2.57. The minimum Gasteiger partial charge on any atom is -0.472 e. The first-order valence-corrected chi connectivity index (χ1v) is 9.92. The Morgan fingerprint density at radius 1 is 1.39 bits per heavy atom. The summed E-state index contributed by atoms with van der Waals surface area (Å²) in [6.07, 6.45) is 8.84. The normalized spacial score (nSPS) is 26.4. The van der Waals surface area contributed by atoms with E-state index in [1.54, 1.807) is 10.7 Å². The van der Waals surface area contributed by atoms with Crippen molar-refractivity contribution in [1.82, 2.24) is 19.9 Å². The molecular weight excluding hydrogens is 356 g/mol. The molecule has 28 heavy (non-hydrogen) atoms. The Kier molecular flexibility index (Phi) is 4.77. The van der Waals surface area contributed by atoms with Gasteiger partial charge >= 0.3 is 6.09 Å². The van der Waals surface area contributed by atoms with Crippen LogP contribution in [0.2, 0.25) is 0 Å². The molecule has 2 fully saturated rings. The molecule has 2 aromatic rings. The van der Waals surface area contributed by atoms with Gasteiger partial charge in [-0.25, -0.2) is 14.3 Å². The number of rotatable bonds is 5. The van der Waals surface area contributed by atoms with E-state index in [0.29, 0.717) is 18.2 Å². The van der Waals surface area contributed by atoms with Crippen LogP contribution in [0.25, 0.3) is 5.52 Å². The van der Waals surface area contributed by atoms with Gasteiger partial charge in [-0.15, -0.1) is 6.58 Å². The maximum Gasteiger partial charge on any atom is 0.407 e. The zero-order valence-electron chi connectivity index (χ0n) is 16.7. The van der Waals surface area contributed by atoms with Crippen LogP contribution >= 0.6 is 0 Å². The minimum absolute atomic E-state index is 0.0314. The molecule has 4 atom stereocenters. The third kappa shape index (κ3) is 3.84. The average Bonchev–Trinajstić information content (AvgIpc) is 3.28. The molecule has 0 spiro atoms. The summed E-state index contributed by atoms with van der Waals surface area (Å²) in [6.45, 7) is 9.41. The zero-order valence-corrected chi connectivity index (χ0v) is 16.7. The van der Waals surface area contributed by atoms with Crippen molar-refractivity contribution < 1.29 is 14.3 Å². The first kappa shape index (κ1) is 18.8. The summed E-state index contributed by atoms with van der Waals surface area (Å²) >= 11 is 0. The summed E-state index contributed by atoms with van der Waals surface area (Å²) in [7, 11) is 0. The van der Waals surface area contributed by atoms with Gasteiger partial charge in [-0.2, -0.15) is 5.10 Å². The van der Waals surface area contributed by atoms with E-state index in [2.05, 4.69) is 22.0 Å². The lowest BCUT2D eigenvalue weighted by molar-refractivity contribution is 0.0439. The standard InChI is InChI=1S/C21H28N4O3/c1-5-6-14-12-25-17(7-8-22-25)19(23-14)27-18-11-13-9-15(18)16(10-13)24-20(26)28-21(2,3)4/h5,7-8,12-13,15-16,18H,1,6,9-11H2,2-4H3,(H,24,26)/t13?,15-,16?,18?/m1/s1. The molecule has 0 aromatic carbocycles. The molecule has 4 rings (SSSR count). The molecule has 0 aliphatic heterocycles. The molecule has 2 aliphatic rings. The van der Waals surface area contributed by atoms with Gasteiger partial charge in [0.2, 0.25) is 5.88 Å². The maximum atomic E-state index is 12.2. The van der Waals surface area contributed by atoms with Crippen molar-refractivity contribution in [3.8, 4) is 5.88 Å². The van der Waals surface area contributed by atoms with Gasteiger partial charge in [-0.05, 0) is 52.0 Å². The summed E-state index contributed by atoms with van der Waals surface area (Å²) in [4.78, 5) is 16.9. The number of ether oxygens (including phenoxy) is 2. The van der Waals surface area contributed by atoms with Crippen LogP contribution in [0.4, 0.5) is 4.79 Å². The molecule has 1 amide bonds. The van der Waals surface area contributed by atoms with Crippen LogP contribution in [-0.2, 0) is 11.2 Å². The Morgan fingerprint density at radius 3 is 2.93 bits per heavy atom. The predicted octanol–water partition coefficient (Wildman–Crippen LogP) is 3.53. The van der Waals surface area contributed by atoms with Gasteiger partial charge in [-0.1, -0.05) is 6.08 Å². The molecule has 0 saturated heterocycles. The predicted molar refractivity (Wildman–Crippen MR) is 105 cm³/mol. The number of hydrogen-bond acceptors (Lipinski definition) is 5. The molecular formula is C21H28N4O3. The molecule has 0 radical (unpaired) electrons. The highest BCUT2D eigenvalue weighted by atomic mass is 16.6. The van der Waals surface area contributed by atoms with E-state index in [9.17, 15) is 4.79 Å². The van der Waals surface area contributed by atoms with Crippen LogP contribution in [0.15, 0.2) is 31.1 Å². The van der Waals surface area contributed by atoms with E-state index in [1.807, 2.05) is 39.1 Å². The van der Waals surface area contributed by atoms with Crippen LogP contribution in [0.1, 0.15) is 45.7 Å².